The fourth-order valence-corrected chi connectivity index (χ4v) is 5.29. The average Bonchev–Trinajstić information content (AvgIpc) is 2.96. The summed E-state index contributed by atoms with van der Waals surface area (Å²) in [5, 5.41) is 1.27. The van der Waals surface area contributed by atoms with E-state index in [4.69, 9.17) is 28.1 Å². The number of aryl methyl sites for hydroxylation is 1. The fourth-order valence-electron chi connectivity index (χ4n) is 4.23. The Morgan fingerprint density at radius 1 is 1.29 bits per heavy atom. The summed E-state index contributed by atoms with van der Waals surface area (Å²) in [6.07, 6.45) is 7.88. The molecule has 1 spiro atoms. The second kappa shape index (κ2) is 7.54. The van der Waals surface area contributed by atoms with Gasteiger partial charge in [0, 0.05) is 30.2 Å². The molecule has 8 heteroatoms. The highest BCUT2D eigenvalue weighted by molar-refractivity contribution is 7.99. The minimum atomic E-state index is 0.138. The predicted molar refractivity (Wildman–Crippen MR) is 115 cm³/mol. The molecule has 28 heavy (non-hydrogen) atoms. The van der Waals surface area contributed by atoms with Crippen LogP contribution in [0.4, 0.5) is 11.6 Å². The van der Waals surface area contributed by atoms with Crippen molar-refractivity contribution < 1.29 is 0 Å². The zero-order valence-corrected chi connectivity index (χ0v) is 17.6. The number of halogens is 1. The van der Waals surface area contributed by atoms with Crippen LogP contribution in [-0.4, -0.2) is 34.1 Å². The van der Waals surface area contributed by atoms with E-state index in [2.05, 4.69) is 21.4 Å². The molecule has 0 aromatic carbocycles. The van der Waals surface area contributed by atoms with Gasteiger partial charge >= 0.3 is 0 Å². The molecular weight excluding hydrogens is 392 g/mol. The van der Waals surface area contributed by atoms with Crippen molar-refractivity contribution in [3.63, 3.8) is 0 Å². The van der Waals surface area contributed by atoms with Crippen molar-refractivity contribution in [1.82, 2.24) is 15.0 Å². The van der Waals surface area contributed by atoms with Crippen LogP contribution in [0.3, 0.4) is 0 Å². The van der Waals surface area contributed by atoms with Gasteiger partial charge in [-0.05, 0) is 44.1 Å². The lowest BCUT2D eigenvalue weighted by Gasteiger charge is -2.42. The molecule has 2 aliphatic rings. The zero-order valence-electron chi connectivity index (χ0n) is 16.0. The van der Waals surface area contributed by atoms with Crippen LogP contribution in [0.1, 0.15) is 31.4 Å². The first-order valence-electron chi connectivity index (χ1n) is 9.49. The summed E-state index contributed by atoms with van der Waals surface area (Å²) in [5.74, 6) is 1.24. The van der Waals surface area contributed by atoms with E-state index in [1.165, 1.54) is 17.3 Å². The second-order valence-corrected chi connectivity index (χ2v) is 9.12. The van der Waals surface area contributed by atoms with E-state index in [-0.39, 0.29) is 11.5 Å². The highest BCUT2D eigenvalue weighted by Gasteiger charge is 2.44. The van der Waals surface area contributed by atoms with Gasteiger partial charge in [-0.15, -0.1) is 0 Å². The third-order valence-corrected chi connectivity index (χ3v) is 7.77. The number of nitrogens with zero attached hydrogens (tertiary/aromatic N) is 4. The van der Waals surface area contributed by atoms with E-state index in [9.17, 15) is 0 Å². The summed E-state index contributed by atoms with van der Waals surface area (Å²) in [5.41, 5.74) is 14.5. The smallest absolute Gasteiger partial charge is 0.147 e. The minimum absolute atomic E-state index is 0.138. The second-order valence-electron chi connectivity index (χ2n) is 7.71. The molecule has 4 N–H and O–H groups in total. The van der Waals surface area contributed by atoms with Crippen LogP contribution in [0, 0.1) is 12.3 Å². The highest BCUT2D eigenvalue weighted by atomic mass is 35.5. The molecule has 4 rings (SSSR count). The van der Waals surface area contributed by atoms with Crippen molar-refractivity contribution >= 4 is 35.0 Å². The normalized spacial score (nSPS) is 21.5. The number of hydrogen-bond acceptors (Lipinski definition) is 7. The lowest BCUT2D eigenvalue weighted by atomic mass is 9.74. The number of pyridine rings is 1. The molecule has 0 amide bonds. The van der Waals surface area contributed by atoms with Gasteiger partial charge in [0.15, 0.2) is 0 Å². The number of nitrogens with two attached hydrogens (primary N) is 2. The number of rotatable bonds is 3. The van der Waals surface area contributed by atoms with Crippen molar-refractivity contribution in [2.75, 3.05) is 23.7 Å². The maximum atomic E-state index is 6.44. The molecule has 1 saturated heterocycles. The Kier molecular flexibility index (Phi) is 5.24. The van der Waals surface area contributed by atoms with Crippen molar-refractivity contribution in [3.05, 3.63) is 41.3 Å². The van der Waals surface area contributed by atoms with Gasteiger partial charge in [0.1, 0.15) is 16.7 Å². The lowest BCUT2D eigenvalue weighted by molar-refractivity contribution is 0.205. The van der Waals surface area contributed by atoms with E-state index >= 15 is 0 Å². The molecule has 1 atom stereocenters. The monoisotopic (exact) mass is 416 g/mol. The molecular formula is C20H25ClN6S. The molecule has 3 heterocycles. The van der Waals surface area contributed by atoms with E-state index < -0.39 is 0 Å². The van der Waals surface area contributed by atoms with E-state index in [1.807, 2.05) is 19.2 Å². The third kappa shape index (κ3) is 3.47. The van der Waals surface area contributed by atoms with Crippen molar-refractivity contribution in [3.8, 4) is 0 Å². The zero-order chi connectivity index (χ0) is 19.9. The number of anilines is 2. The van der Waals surface area contributed by atoms with Crippen molar-refractivity contribution in [1.29, 1.82) is 0 Å². The minimum Gasteiger partial charge on any atom is -0.382 e. The standard InChI is InChI=1S/C20H25ClN6S/c1-12-3-5-20(17(12)22)6-9-27(10-7-20)15-11-25-19(13(2)26-15)28-14-4-8-24-18(23)16(14)21/h4,8,11,17H,1,3,5-7,9-10,22H2,2H3,(H2,23,24)/t17-/m1/s1. The Hall–Kier alpha value is -1.83. The molecule has 0 bridgehead atoms. The first-order chi connectivity index (χ1) is 13.4. The Balaban J connectivity index is 1.47. The van der Waals surface area contributed by atoms with Gasteiger partial charge in [0.2, 0.25) is 0 Å². The van der Waals surface area contributed by atoms with Crippen LogP contribution in [0.5, 0.6) is 0 Å². The van der Waals surface area contributed by atoms with Gasteiger partial charge in [-0.1, -0.05) is 35.5 Å². The van der Waals surface area contributed by atoms with Crippen LogP contribution in [-0.2, 0) is 0 Å². The van der Waals surface area contributed by atoms with Crippen LogP contribution in [0.15, 0.2) is 40.5 Å². The van der Waals surface area contributed by atoms with E-state index in [1.54, 1.807) is 6.20 Å². The number of piperidine rings is 1. The first-order valence-corrected chi connectivity index (χ1v) is 10.7. The maximum Gasteiger partial charge on any atom is 0.147 e. The fraction of sp³-hybridized carbons (Fsp3) is 0.450. The van der Waals surface area contributed by atoms with Gasteiger partial charge in [0.25, 0.3) is 0 Å². The molecule has 6 nitrogen and oxygen atoms in total. The number of hydrogen-bond donors (Lipinski definition) is 2. The Labute approximate surface area is 174 Å². The summed E-state index contributed by atoms with van der Waals surface area (Å²) in [7, 11) is 0. The van der Waals surface area contributed by atoms with Crippen molar-refractivity contribution in [2.24, 2.45) is 11.1 Å². The molecule has 1 aliphatic carbocycles. The lowest BCUT2D eigenvalue weighted by Crippen LogP contribution is -2.47. The average molecular weight is 417 g/mol. The van der Waals surface area contributed by atoms with Crippen LogP contribution in [0.25, 0.3) is 0 Å². The van der Waals surface area contributed by atoms with Gasteiger partial charge in [-0.2, -0.15) is 0 Å². The Morgan fingerprint density at radius 2 is 2.04 bits per heavy atom. The predicted octanol–water partition coefficient (Wildman–Crippen LogP) is 3.83. The van der Waals surface area contributed by atoms with Gasteiger partial charge in [-0.25, -0.2) is 15.0 Å². The first kappa shape index (κ1) is 19.5. The van der Waals surface area contributed by atoms with E-state index in [0.717, 1.165) is 60.2 Å². The topological polar surface area (TPSA) is 94.0 Å². The molecule has 2 aromatic rings. The number of nitrogen functional groups attached to an aromatic ring is 1. The summed E-state index contributed by atoms with van der Waals surface area (Å²) in [4.78, 5) is 16.6. The highest BCUT2D eigenvalue weighted by Crippen LogP contribution is 2.47. The van der Waals surface area contributed by atoms with Crippen molar-refractivity contribution in [2.45, 2.75) is 48.6 Å². The van der Waals surface area contributed by atoms with E-state index in [0.29, 0.717) is 10.8 Å². The molecule has 2 fully saturated rings. The maximum absolute atomic E-state index is 6.44. The SMILES string of the molecule is C=C1CCC2(CCN(c3cnc(Sc4ccnc(N)c4Cl)c(C)n3)CC2)[C@@H]1N. The molecule has 1 aliphatic heterocycles. The summed E-state index contributed by atoms with van der Waals surface area (Å²) < 4.78 is 0. The Bertz CT molecular complexity index is 910. The van der Waals surface area contributed by atoms with Gasteiger partial charge in [-0.3, -0.25) is 0 Å². The number of aromatic nitrogens is 3. The molecule has 1 saturated carbocycles. The molecule has 148 valence electrons. The summed E-state index contributed by atoms with van der Waals surface area (Å²) in [6, 6.07) is 1.97. The van der Waals surface area contributed by atoms with Gasteiger partial charge < -0.3 is 16.4 Å². The van der Waals surface area contributed by atoms with Crippen LogP contribution in [0.2, 0.25) is 5.02 Å². The van der Waals surface area contributed by atoms with Gasteiger partial charge in [0.05, 0.1) is 16.9 Å². The third-order valence-electron chi connectivity index (χ3n) is 6.10. The largest absolute Gasteiger partial charge is 0.382 e. The van der Waals surface area contributed by atoms with Crippen LogP contribution < -0.4 is 16.4 Å². The molecule has 0 radical (unpaired) electrons. The Morgan fingerprint density at radius 3 is 2.68 bits per heavy atom. The van der Waals surface area contributed by atoms with Crippen LogP contribution >= 0.6 is 23.4 Å². The summed E-state index contributed by atoms with van der Waals surface area (Å²) in [6.45, 7) is 8.02. The summed E-state index contributed by atoms with van der Waals surface area (Å²) >= 11 is 7.70. The quantitative estimate of drug-likeness (QED) is 0.734. The molecule has 2 aromatic heterocycles. The molecule has 0 unspecified atom stereocenters.